The first-order valence-corrected chi connectivity index (χ1v) is 6.62. The predicted octanol–water partition coefficient (Wildman–Crippen LogP) is 1.29. The molecular formula is C13H17N5O. The van der Waals surface area contributed by atoms with Crippen LogP contribution in [0.15, 0.2) is 18.2 Å². The highest BCUT2D eigenvalue weighted by Crippen LogP contribution is 2.17. The van der Waals surface area contributed by atoms with Crippen LogP contribution in [0.25, 0.3) is 11.0 Å². The maximum absolute atomic E-state index is 11.9. The fourth-order valence-electron chi connectivity index (χ4n) is 2.44. The highest BCUT2D eigenvalue weighted by molar-refractivity contribution is 5.92. The SMILES string of the molecule is O=C(CCC1CCNC1)Nc1ccc2n[nH]nc2c1. The first-order valence-electron chi connectivity index (χ1n) is 6.62. The Kier molecular flexibility index (Phi) is 3.41. The maximum atomic E-state index is 11.9. The summed E-state index contributed by atoms with van der Waals surface area (Å²) >= 11 is 0. The number of amides is 1. The quantitative estimate of drug-likeness (QED) is 0.772. The van der Waals surface area contributed by atoms with Crippen LogP contribution < -0.4 is 10.6 Å². The second-order valence-electron chi connectivity index (χ2n) is 4.97. The first-order chi connectivity index (χ1) is 9.31. The average molecular weight is 259 g/mol. The normalized spacial score (nSPS) is 18.8. The minimum absolute atomic E-state index is 0.0646. The van der Waals surface area contributed by atoms with E-state index >= 15 is 0 Å². The van der Waals surface area contributed by atoms with Crippen LogP contribution in [0.1, 0.15) is 19.3 Å². The second-order valence-corrected chi connectivity index (χ2v) is 4.97. The van der Waals surface area contributed by atoms with E-state index in [0.29, 0.717) is 12.3 Å². The molecule has 1 fully saturated rings. The number of H-pyrrole nitrogens is 1. The topological polar surface area (TPSA) is 82.7 Å². The van der Waals surface area contributed by atoms with Crippen molar-refractivity contribution in [1.82, 2.24) is 20.7 Å². The third-order valence-electron chi connectivity index (χ3n) is 3.54. The molecule has 1 amide bonds. The third kappa shape index (κ3) is 2.90. The summed E-state index contributed by atoms with van der Waals surface area (Å²) in [6.45, 7) is 2.12. The maximum Gasteiger partial charge on any atom is 0.224 e. The Hall–Kier alpha value is -1.95. The van der Waals surface area contributed by atoms with Gasteiger partial charge in [0.2, 0.25) is 5.91 Å². The molecule has 1 aliphatic heterocycles. The number of anilines is 1. The van der Waals surface area contributed by atoms with E-state index in [4.69, 9.17) is 0 Å². The fraction of sp³-hybridized carbons (Fsp3) is 0.462. The summed E-state index contributed by atoms with van der Waals surface area (Å²) < 4.78 is 0. The molecule has 6 nitrogen and oxygen atoms in total. The molecule has 1 aliphatic rings. The summed E-state index contributed by atoms with van der Waals surface area (Å²) in [4.78, 5) is 11.9. The minimum atomic E-state index is 0.0646. The molecule has 100 valence electrons. The minimum Gasteiger partial charge on any atom is -0.326 e. The first kappa shape index (κ1) is 12.1. The molecular weight excluding hydrogens is 242 g/mol. The van der Waals surface area contributed by atoms with Gasteiger partial charge >= 0.3 is 0 Å². The van der Waals surface area contributed by atoms with Crippen LogP contribution >= 0.6 is 0 Å². The van der Waals surface area contributed by atoms with Crippen molar-refractivity contribution >= 4 is 22.6 Å². The van der Waals surface area contributed by atoms with E-state index in [2.05, 4.69) is 26.0 Å². The Balaban J connectivity index is 1.55. The molecule has 1 saturated heterocycles. The lowest BCUT2D eigenvalue weighted by atomic mass is 10.0. The molecule has 3 N–H and O–H groups in total. The zero-order chi connectivity index (χ0) is 13.1. The van der Waals surface area contributed by atoms with E-state index in [1.165, 1.54) is 6.42 Å². The number of nitrogens with one attached hydrogen (secondary N) is 3. The van der Waals surface area contributed by atoms with Gasteiger partial charge in [-0.05, 0) is 50.0 Å². The van der Waals surface area contributed by atoms with Gasteiger partial charge in [0.15, 0.2) is 0 Å². The number of nitrogens with zero attached hydrogens (tertiary/aromatic N) is 2. The molecule has 0 radical (unpaired) electrons. The van der Waals surface area contributed by atoms with Crippen molar-refractivity contribution < 1.29 is 4.79 Å². The van der Waals surface area contributed by atoms with E-state index in [9.17, 15) is 4.79 Å². The van der Waals surface area contributed by atoms with Gasteiger partial charge < -0.3 is 10.6 Å². The van der Waals surface area contributed by atoms with Gasteiger partial charge in [0, 0.05) is 12.1 Å². The lowest BCUT2D eigenvalue weighted by Gasteiger charge is -2.08. The highest BCUT2D eigenvalue weighted by atomic mass is 16.1. The van der Waals surface area contributed by atoms with Gasteiger partial charge in [-0.3, -0.25) is 4.79 Å². The predicted molar refractivity (Wildman–Crippen MR) is 72.7 cm³/mol. The van der Waals surface area contributed by atoms with Crippen LogP contribution in [-0.4, -0.2) is 34.4 Å². The van der Waals surface area contributed by atoms with Crippen LogP contribution in [0.5, 0.6) is 0 Å². The summed E-state index contributed by atoms with van der Waals surface area (Å²) in [6.07, 6.45) is 2.70. The smallest absolute Gasteiger partial charge is 0.224 e. The molecule has 0 aliphatic carbocycles. The molecule has 2 heterocycles. The second kappa shape index (κ2) is 5.36. The van der Waals surface area contributed by atoms with Crippen LogP contribution in [0, 0.1) is 5.92 Å². The largest absolute Gasteiger partial charge is 0.326 e. The van der Waals surface area contributed by atoms with Crippen molar-refractivity contribution in [3.8, 4) is 0 Å². The third-order valence-corrected chi connectivity index (χ3v) is 3.54. The van der Waals surface area contributed by atoms with Crippen molar-refractivity contribution in [2.45, 2.75) is 19.3 Å². The molecule has 2 aromatic rings. The number of rotatable bonds is 4. The van der Waals surface area contributed by atoms with Gasteiger partial charge in [0.05, 0.1) is 0 Å². The molecule has 1 unspecified atom stereocenters. The van der Waals surface area contributed by atoms with Crippen LogP contribution in [0.4, 0.5) is 5.69 Å². The number of hydrogen-bond donors (Lipinski definition) is 3. The van der Waals surface area contributed by atoms with Crippen molar-refractivity contribution in [2.75, 3.05) is 18.4 Å². The Morgan fingerprint density at radius 3 is 3.11 bits per heavy atom. The number of carbonyl (C=O) groups is 1. The molecule has 1 atom stereocenters. The van der Waals surface area contributed by atoms with Gasteiger partial charge in [-0.2, -0.15) is 15.4 Å². The number of carbonyl (C=O) groups excluding carboxylic acids is 1. The summed E-state index contributed by atoms with van der Waals surface area (Å²) in [7, 11) is 0. The lowest BCUT2D eigenvalue weighted by molar-refractivity contribution is -0.116. The van der Waals surface area contributed by atoms with E-state index < -0.39 is 0 Å². The van der Waals surface area contributed by atoms with Crippen LogP contribution in [-0.2, 0) is 4.79 Å². The van der Waals surface area contributed by atoms with Gasteiger partial charge in [0.1, 0.15) is 11.0 Å². The Labute approximate surface area is 111 Å². The van der Waals surface area contributed by atoms with Crippen molar-refractivity contribution in [2.24, 2.45) is 5.92 Å². The Morgan fingerprint density at radius 1 is 1.37 bits per heavy atom. The van der Waals surface area contributed by atoms with Crippen LogP contribution in [0.2, 0.25) is 0 Å². The standard InChI is InChI=1S/C13H17N5O/c19-13(4-1-9-5-6-14-8-9)15-10-2-3-11-12(7-10)17-18-16-11/h2-3,7,9,14H,1,4-6,8H2,(H,15,19)(H,16,17,18). The monoisotopic (exact) mass is 259 g/mol. The Morgan fingerprint density at radius 2 is 2.26 bits per heavy atom. The van der Waals surface area contributed by atoms with Gasteiger partial charge in [0.25, 0.3) is 0 Å². The molecule has 0 spiro atoms. The molecule has 3 rings (SSSR count). The fourth-order valence-corrected chi connectivity index (χ4v) is 2.44. The summed E-state index contributed by atoms with van der Waals surface area (Å²) in [5, 5.41) is 16.8. The summed E-state index contributed by atoms with van der Waals surface area (Å²) in [5.41, 5.74) is 2.34. The van der Waals surface area contributed by atoms with Gasteiger partial charge in [-0.1, -0.05) is 0 Å². The number of hydrogen-bond acceptors (Lipinski definition) is 4. The number of fused-ring (bicyclic) bond motifs is 1. The molecule has 1 aromatic carbocycles. The van der Waals surface area contributed by atoms with Crippen molar-refractivity contribution in [3.05, 3.63) is 18.2 Å². The molecule has 6 heteroatoms. The summed E-state index contributed by atoms with van der Waals surface area (Å²) in [5.74, 6) is 0.707. The van der Waals surface area contributed by atoms with E-state index in [1.54, 1.807) is 0 Å². The molecule has 19 heavy (non-hydrogen) atoms. The summed E-state index contributed by atoms with van der Waals surface area (Å²) in [6, 6.07) is 5.52. The number of aromatic nitrogens is 3. The molecule has 0 saturated carbocycles. The van der Waals surface area contributed by atoms with Gasteiger partial charge in [-0.15, -0.1) is 0 Å². The van der Waals surface area contributed by atoms with Crippen molar-refractivity contribution in [3.63, 3.8) is 0 Å². The molecule has 0 bridgehead atoms. The highest BCUT2D eigenvalue weighted by Gasteiger charge is 2.15. The molecule has 1 aromatic heterocycles. The van der Waals surface area contributed by atoms with E-state index in [1.807, 2.05) is 18.2 Å². The Bertz CT molecular complexity index is 573. The van der Waals surface area contributed by atoms with Gasteiger partial charge in [-0.25, -0.2) is 0 Å². The zero-order valence-corrected chi connectivity index (χ0v) is 10.6. The average Bonchev–Trinajstić information content (AvgIpc) is 3.07. The van der Waals surface area contributed by atoms with Crippen LogP contribution in [0.3, 0.4) is 0 Å². The van der Waals surface area contributed by atoms with E-state index in [0.717, 1.165) is 36.2 Å². The zero-order valence-electron chi connectivity index (χ0n) is 10.6. The lowest BCUT2D eigenvalue weighted by Crippen LogP contribution is -2.14. The number of benzene rings is 1. The number of aromatic amines is 1. The van der Waals surface area contributed by atoms with Crippen molar-refractivity contribution in [1.29, 1.82) is 0 Å². The van der Waals surface area contributed by atoms with E-state index in [-0.39, 0.29) is 5.91 Å².